The van der Waals surface area contributed by atoms with E-state index < -0.39 is 0 Å². The first kappa shape index (κ1) is 16.8. The van der Waals surface area contributed by atoms with Crippen LogP contribution in [0.25, 0.3) is 0 Å². The summed E-state index contributed by atoms with van der Waals surface area (Å²) in [6.07, 6.45) is 0.362. The van der Waals surface area contributed by atoms with Gasteiger partial charge in [0.25, 0.3) is 5.91 Å². The summed E-state index contributed by atoms with van der Waals surface area (Å²) in [6.45, 7) is 9.40. The number of aryl methyl sites for hydroxylation is 1. The van der Waals surface area contributed by atoms with E-state index in [0.29, 0.717) is 13.0 Å². The first-order chi connectivity index (χ1) is 11.6. The number of ether oxygens (including phenoxy) is 1. The Morgan fingerprint density at radius 1 is 1.29 bits per heavy atom. The first-order valence-corrected chi connectivity index (χ1v) is 8.73. The summed E-state index contributed by atoms with van der Waals surface area (Å²) in [6, 6.07) is 5.79. The van der Waals surface area contributed by atoms with Crippen LogP contribution in [0.1, 0.15) is 18.9 Å². The lowest BCUT2D eigenvalue weighted by molar-refractivity contribution is -0.902. The second-order valence-electron chi connectivity index (χ2n) is 6.54. The first-order valence-electron chi connectivity index (χ1n) is 8.73. The molecule has 3 rings (SSSR count). The lowest BCUT2D eigenvalue weighted by atomic mass is 10.1. The Balaban J connectivity index is 1.60. The number of piperazine rings is 1. The van der Waals surface area contributed by atoms with Gasteiger partial charge in [-0.3, -0.25) is 9.59 Å². The van der Waals surface area contributed by atoms with Gasteiger partial charge in [0.15, 0.2) is 6.61 Å². The number of anilines is 1. The van der Waals surface area contributed by atoms with E-state index in [-0.39, 0.29) is 18.4 Å². The molecule has 24 heavy (non-hydrogen) atoms. The SMILES string of the molecule is CC[NH+]1CCN(C(=O)CCN2C(=O)COc3cc(C)ccc32)CC1. The minimum atomic E-state index is -0.0839. The van der Waals surface area contributed by atoms with Crippen molar-refractivity contribution in [1.82, 2.24) is 4.90 Å². The van der Waals surface area contributed by atoms with E-state index in [1.165, 1.54) is 0 Å². The Morgan fingerprint density at radius 2 is 2.04 bits per heavy atom. The van der Waals surface area contributed by atoms with Gasteiger partial charge < -0.3 is 19.4 Å². The van der Waals surface area contributed by atoms with Crippen LogP contribution in [0, 0.1) is 6.92 Å². The number of quaternary nitrogens is 1. The summed E-state index contributed by atoms with van der Waals surface area (Å²) in [5.41, 5.74) is 1.86. The van der Waals surface area contributed by atoms with Gasteiger partial charge in [-0.2, -0.15) is 0 Å². The number of benzene rings is 1. The highest BCUT2D eigenvalue weighted by Gasteiger charge is 2.28. The number of hydrogen-bond acceptors (Lipinski definition) is 3. The monoisotopic (exact) mass is 332 g/mol. The predicted molar refractivity (Wildman–Crippen MR) is 91.5 cm³/mol. The van der Waals surface area contributed by atoms with Crippen molar-refractivity contribution in [3.8, 4) is 5.75 Å². The topological polar surface area (TPSA) is 54.3 Å². The van der Waals surface area contributed by atoms with Crippen LogP contribution >= 0.6 is 0 Å². The Bertz CT molecular complexity index is 624. The van der Waals surface area contributed by atoms with Crippen LogP contribution in [0.2, 0.25) is 0 Å². The molecular formula is C18H26N3O3+. The molecule has 1 aromatic rings. The van der Waals surface area contributed by atoms with Gasteiger partial charge >= 0.3 is 0 Å². The number of hydrogen-bond donors (Lipinski definition) is 1. The van der Waals surface area contributed by atoms with Gasteiger partial charge in [0, 0.05) is 13.0 Å². The molecule has 6 heteroatoms. The maximum Gasteiger partial charge on any atom is 0.265 e. The van der Waals surface area contributed by atoms with Crippen molar-refractivity contribution in [2.24, 2.45) is 0 Å². The van der Waals surface area contributed by atoms with E-state index in [4.69, 9.17) is 4.74 Å². The average molecular weight is 332 g/mol. The van der Waals surface area contributed by atoms with Crippen LogP contribution in [0.3, 0.4) is 0 Å². The fraction of sp³-hybridized carbons (Fsp3) is 0.556. The Labute approximate surface area is 143 Å². The second-order valence-corrected chi connectivity index (χ2v) is 6.54. The number of carbonyl (C=O) groups is 2. The molecule has 1 aromatic carbocycles. The molecular weight excluding hydrogens is 306 g/mol. The summed E-state index contributed by atoms with van der Waals surface area (Å²) in [7, 11) is 0. The minimum absolute atomic E-state index is 0.0448. The van der Waals surface area contributed by atoms with Gasteiger partial charge in [0.2, 0.25) is 5.91 Å². The summed E-state index contributed by atoms with van der Waals surface area (Å²) in [5, 5.41) is 0. The Morgan fingerprint density at radius 3 is 2.75 bits per heavy atom. The average Bonchev–Trinajstić information content (AvgIpc) is 2.60. The van der Waals surface area contributed by atoms with Gasteiger partial charge in [0.1, 0.15) is 5.75 Å². The van der Waals surface area contributed by atoms with Gasteiger partial charge in [-0.15, -0.1) is 0 Å². The lowest BCUT2D eigenvalue weighted by Crippen LogP contribution is -3.14. The van der Waals surface area contributed by atoms with Crippen molar-refractivity contribution >= 4 is 17.5 Å². The summed E-state index contributed by atoms with van der Waals surface area (Å²) in [5.74, 6) is 0.778. The van der Waals surface area contributed by atoms with E-state index in [9.17, 15) is 9.59 Å². The third-order valence-electron chi connectivity index (χ3n) is 4.93. The van der Waals surface area contributed by atoms with Gasteiger partial charge in [-0.05, 0) is 31.5 Å². The van der Waals surface area contributed by atoms with Crippen LogP contribution in [-0.2, 0) is 9.59 Å². The summed E-state index contributed by atoms with van der Waals surface area (Å²) >= 11 is 0. The molecule has 0 aliphatic carbocycles. The highest BCUT2D eigenvalue weighted by atomic mass is 16.5. The molecule has 130 valence electrons. The maximum absolute atomic E-state index is 12.5. The van der Waals surface area contributed by atoms with Gasteiger partial charge in [0.05, 0.1) is 38.4 Å². The molecule has 2 heterocycles. The van der Waals surface area contributed by atoms with E-state index in [1.54, 1.807) is 9.80 Å². The zero-order valence-electron chi connectivity index (χ0n) is 14.5. The number of fused-ring (bicyclic) bond motifs is 1. The van der Waals surface area contributed by atoms with E-state index in [0.717, 1.165) is 49.7 Å². The van der Waals surface area contributed by atoms with Crippen LogP contribution in [0.15, 0.2) is 18.2 Å². The van der Waals surface area contributed by atoms with Crippen LogP contribution in [-0.4, -0.2) is 62.6 Å². The van der Waals surface area contributed by atoms with E-state index in [1.807, 2.05) is 30.0 Å². The molecule has 2 amide bonds. The normalized spacial score (nSPS) is 18.3. The molecule has 0 atom stereocenters. The Hall–Kier alpha value is -2.08. The van der Waals surface area contributed by atoms with Gasteiger partial charge in [-0.1, -0.05) is 6.07 Å². The van der Waals surface area contributed by atoms with Crippen LogP contribution in [0.4, 0.5) is 5.69 Å². The molecule has 1 saturated heterocycles. The molecule has 0 aromatic heterocycles. The minimum Gasteiger partial charge on any atom is -0.482 e. The molecule has 0 radical (unpaired) electrons. The molecule has 0 bridgehead atoms. The molecule has 0 spiro atoms. The van der Waals surface area contributed by atoms with Crippen LogP contribution < -0.4 is 14.5 Å². The van der Waals surface area contributed by atoms with Crippen molar-refractivity contribution < 1.29 is 19.2 Å². The quantitative estimate of drug-likeness (QED) is 0.835. The number of amides is 2. The number of nitrogens with zero attached hydrogens (tertiary/aromatic N) is 2. The smallest absolute Gasteiger partial charge is 0.265 e. The molecule has 0 unspecified atom stereocenters. The summed E-state index contributed by atoms with van der Waals surface area (Å²) < 4.78 is 5.50. The molecule has 0 saturated carbocycles. The lowest BCUT2D eigenvalue weighted by Gasteiger charge is -2.33. The zero-order chi connectivity index (χ0) is 17.1. The number of nitrogens with one attached hydrogen (secondary N) is 1. The zero-order valence-corrected chi connectivity index (χ0v) is 14.5. The third kappa shape index (κ3) is 3.53. The maximum atomic E-state index is 12.5. The predicted octanol–water partition coefficient (Wildman–Crippen LogP) is -0.142. The van der Waals surface area contributed by atoms with Crippen molar-refractivity contribution in [3.63, 3.8) is 0 Å². The fourth-order valence-electron chi connectivity index (χ4n) is 3.35. The van der Waals surface area contributed by atoms with Crippen molar-refractivity contribution in [3.05, 3.63) is 23.8 Å². The number of likely N-dealkylation sites (N-methyl/N-ethyl adjacent to an activating group) is 1. The van der Waals surface area contributed by atoms with Crippen molar-refractivity contribution in [2.45, 2.75) is 20.3 Å². The molecule has 2 aliphatic rings. The second kappa shape index (κ2) is 7.21. The highest BCUT2D eigenvalue weighted by molar-refractivity contribution is 5.98. The third-order valence-corrected chi connectivity index (χ3v) is 4.93. The standard InChI is InChI=1S/C18H25N3O3/c1-3-19-8-10-20(11-9-19)17(22)6-7-21-15-5-4-14(2)12-16(15)24-13-18(21)23/h4-5,12H,3,6-11,13H2,1-2H3/p+1. The van der Waals surface area contributed by atoms with Crippen molar-refractivity contribution in [2.75, 3.05) is 50.8 Å². The fourth-order valence-corrected chi connectivity index (χ4v) is 3.35. The molecule has 2 aliphatic heterocycles. The van der Waals surface area contributed by atoms with Gasteiger partial charge in [-0.25, -0.2) is 0 Å². The summed E-state index contributed by atoms with van der Waals surface area (Å²) in [4.78, 5) is 29.8. The molecule has 1 N–H and O–H groups in total. The Kier molecular flexibility index (Phi) is 5.04. The molecule has 6 nitrogen and oxygen atoms in total. The highest BCUT2D eigenvalue weighted by Crippen LogP contribution is 2.32. The van der Waals surface area contributed by atoms with E-state index >= 15 is 0 Å². The van der Waals surface area contributed by atoms with Crippen molar-refractivity contribution in [1.29, 1.82) is 0 Å². The largest absolute Gasteiger partial charge is 0.482 e. The van der Waals surface area contributed by atoms with Crippen LogP contribution in [0.5, 0.6) is 5.75 Å². The van der Waals surface area contributed by atoms with E-state index in [2.05, 4.69) is 6.92 Å². The molecule has 1 fully saturated rings. The number of rotatable bonds is 4. The number of carbonyl (C=O) groups excluding carboxylic acids is 2.